The van der Waals surface area contributed by atoms with Crippen molar-refractivity contribution in [3.05, 3.63) is 82.8 Å². The smallest absolute Gasteiger partial charge is 0.248 e. The van der Waals surface area contributed by atoms with Gasteiger partial charge in [0.1, 0.15) is 24.1 Å². The van der Waals surface area contributed by atoms with Crippen molar-refractivity contribution < 1.29 is 18.7 Å². The predicted octanol–water partition coefficient (Wildman–Crippen LogP) is 3.68. The number of hydrogen-bond donors (Lipinski definition) is 1. The highest BCUT2D eigenvalue weighted by Gasteiger charge is 2.26. The van der Waals surface area contributed by atoms with Gasteiger partial charge in [0, 0.05) is 35.9 Å². The number of carbonyl (C=O) groups excluding carboxylic acids is 1. The number of carbonyl (C=O) groups is 1. The van der Waals surface area contributed by atoms with Crippen LogP contribution < -0.4 is 10.5 Å². The van der Waals surface area contributed by atoms with Crippen molar-refractivity contribution in [1.29, 1.82) is 5.26 Å². The summed E-state index contributed by atoms with van der Waals surface area (Å²) in [6.45, 7) is 3.86. The molecule has 2 saturated heterocycles. The van der Waals surface area contributed by atoms with E-state index in [1.807, 2.05) is 18.2 Å². The summed E-state index contributed by atoms with van der Waals surface area (Å²) < 4.78 is 27.8. The maximum Gasteiger partial charge on any atom is 0.248 e. The first-order chi connectivity index (χ1) is 20.0. The van der Waals surface area contributed by atoms with Gasteiger partial charge in [0.25, 0.3) is 0 Å². The summed E-state index contributed by atoms with van der Waals surface area (Å²) in [7, 11) is 0. The van der Waals surface area contributed by atoms with Crippen molar-refractivity contribution in [2.75, 3.05) is 19.7 Å². The number of amides is 1. The van der Waals surface area contributed by atoms with Gasteiger partial charge in [0.2, 0.25) is 11.8 Å². The average molecular weight is 556 g/mol. The Morgan fingerprint density at radius 3 is 2.68 bits per heavy atom. The predicted molar refractivity (Wildman–Crippen MR) is 147 cm³/mol. The molecule has 4 aromatic rings. The molecule has 0 saturated carbocycles. The van der Waals surface area contributed by atoms with Crippen molar-refractivity contribution >= 4 is 16.9 Å². The van der Waals surface area contributed by atoms with Gasteiger partial charge in [-0.05, 0) is 62.7 Å². The number of primary amides is 1. The number of halogens is 1. The lowest BCUT2D eigenvalue weighted by Crippen LogP contribution is -2.35. The molecular weight excluding hydrogens is 525 g/mol. The lowest BCUT2D eigenvalue weighted by atomic mass is 9.96. The van der Waals surface area contributed by atoms with E-state index in [4.69, 9.17) is 25.5 Å². The summed E-state index contributed by atoms with van der Waals surface area (Å²) in [4.78, 5) is 28.2. The van der Waals surface area contributed by atoms with Gasteiger partial charge in [-0.3, -0.25) is 9.69 Å². The van der Waals surface area contributed by atoms with Crippen molar-refractivity contribution in [3.63, 3.8) is 0 Å². The maximum atomic E-state index is 14.2. The Bertz CT molecular complexity index is 1620. The number of nitrogens with two attached hydrogens (primary N) is 1. The molecule has 0 unspecified atom stereocenters. The molecule has 2 N–H and O–H groups in total. The fourth-order valence-corrected chi connectivity index (χ4v) is 5.35. The zero-order chi connectivity index (χ0) is 28.3. The molecule has 0 bridgehead atoms. The number of hydrogen-bond acceptors (Lipinski definition) is 8. The third-order valence-corrected chi connectivity index (χ3v) is 7.82. The molecule has 0 spiro atoms. The average Bonchev–Trinajstić information content (AvgIpc) is 3.30. The van der Waals surface area contributed by atoms with E-state index in [9.17, 15) is 9.18 Å². The standard InChI is InChI=1S/C30H30FN7O3/c31-24-13-19(15-32)1-2-22(24)18-41-28-5-9-34-30(36-28)20-6-10-37(11-7-20)17-27-35-25-4-3-21(29(33)39)14-26(25)38(27)16-23-8-12-40-23/h1-5,9,13-14,20,23H,6-8,10-12,16-18H2,(H2,33,39)/t23-/m0/s1. The van der Waals surface area contributed by atoms with E-state index < -0.39 is 11.7 Å². The minimum Gasteiger partial charge on any atom is -0.473 e. The van der Waals surface area contributed by atoms with Gasteiger partial charge in [-0.2, -0.15) is 10.2 Å². The van der Waals surface area contributed by atoms with Crippen LogP contribution in [0, 0.1) is 17.1 Å². The Hall–Kier alpha value is -4.40. The zero-order valence-electron chi connectivity index (χ0n) is 22.5. The summed E-state index contributed by atoms with van der Waals surface area (Å²) in [6.07, 6.45) is 4.58. The molecule has 210 valence electrons. The molecule has 11 heteroatoms. The van der Waals surface area contributed by atoms with Crippen LogP contribution in [0.15, 0.2) is 48.7 Å². The number of piperidine rings is 1. The van der Waals surface area contributed by atoms with E-state index in [1.165, 1.54) is 6.07 Å². The lowest BCUT2D eigenvalue weighted by molar-refractivity contribution is -0.0592. The molecule has 2 aromatic carbocycles. The number of fused-ring (bicyclic) bond motifs is 1. The van der Waals surface area contributed by atoms with Crippen LogP contribution in [0.5, 0.6) is 5.88 Å². The molecule has 0 aliphatic carbocycles. The normalized spacial score (nSPS) is 17.7. The highest BCUT2D eigenvalue weighted by atomic mass is 19.1. The number of ether oxygens (including phenoxy) is 2. The Balaban J connectivity index is 1.10. The summed E-state index contributed by atoms with van der Waals surface area (Å²) in [6, 6.07) is 13.3. The van der Waals surface area contributed by atoms with E-state index in [0.717, 1.165) is 61.6 Å². The van der Waals surface area contributed by atoms with Crippen molar-refractivity contribution in [3.8, 4) is 11.9 Å². The molecule has 2 fully saturated rings. The number of imidazole rings is 1. The van der Waals surface area contributed by atoms with Gasteiger partial charge in [-0.15, -0.1) is 0 Å². The summed E-state index contributed by atoms with van der Waals surface area (Å²) in [5.74, 6) is 1.30. The molecule has 6 rings (SSSR count). The number of benzene rings is 2. The molecule has 1 amide bonds. The molecule has 1 atom stereocenters. The van der Waals surface area contributed by atoms with Gasteiger partial charge >= 0.3 is 0 Å². The first kappa shape index (κ1) is 26.8. The first-order valence-corrected chi connectivity index (χ1v) is 13.7. The fraction of sp³-hybridized carbons (Fsp3) is 0.367. The number of nitriles is 1. The van der Waals surface area contributed by atoms with Crippen LogP contribution in [0.2, 0.25) is 0 Å². The summed E-state index contributed by atoms with van der Waals surface area (Å²) >= 11 is 0. The third kappa shape index (κ3) is 5.89. The van der Waals surface area contributed by atoms with Crippen molar-refractivity contribution in [1.82, 2.24) is 24.4 Å². The third-order valence-electron chi connectivity index (χ3n) is 7.82. The number of likely N-dealkylation sites (tertiary alicyclic amines) is 1. The van der Waals surface area contributed by atoms with Crippen molar-refractivity contribution in [2.24, 2.45) is 5.73 Å². The van der Waals surface area contributed by atoms with Crippen LogP contribution >= 0.6 is 0 Å². The number of rotatable bonds is 9. The Kier molecular flexibility index (Phi) is 7.59. The minimum atomic E-state index is -0.479. The number of aromatic nitrogens is 4. The molecule has 4 heterocycles. The molecule has 41 heavy (non-hydrogen) atoms. The van der Waals surface area contributed by atoms with Crippen LogP contribution in [0.1, 0.15) is 58.3 Å². The molecular formula is C30H30FN7O3. The van der Waals surface area contributed by atoms with Crippen LogP contribution in [0.25, 0.3) is 11.0 Å². The van der Waals surface area contributed by atoms with E-state index >= 15 is 0 Å². The van der Waals surface area contributed by atoms with E-state index in [0.29, 0.717) is 30.1 Å². The maximum absolute atomic E-state index is 14.2. The first-order valence-electron chi connectivity index (χ1n) is 13.7. The molecule has 2 aliphatic rings. The Morgan fingerprint density at radius 1 is 1.15 bits per heavy atom. The van der Waals surface area contributed by atoms with Crippen LogP contribution in [0.4, 0.5) is 4.39 Å². The molecule has 10 nitrogen and oxygen atoms in total. The van der Waals surface area contributed by atoms with Gasteiger partial charge in [0.15, 0.2) is 0 Å². The highest BCUT2D eigenvalue weighted by Crippen LogP contribution is 2.29. The second-order valence-corrected chi connectivity index (χ2v) is 10.5. The second-order valence-electron chi connectivity index (χ2n) is 10.5. The molecule has 0 radical (unpaired) electrons. The van der Waals surface area contributed by atoms with Crippen molar-refractivity contribution in [2.45, 2.75) is 51.0 Å². The Morgan fingerprint density at radius 2 is 1.98 bits per heavy atom. The largest absolute Gasteiger partial charge is 0.473 e. The fourth-order valence-electron chi connectivity index (χ4n) is 5.35. The number of nitrogens with zero attached hydrogens (tertiary/aromatic N) is 6. The Labute approximate surface area is 236 Å². The van der Waals surface area contributed by atoms with Gasteiger partial charge in [0.05, 0.1) is 41.9 Å². The van der Waals surface area contributed by atoms with Crippen LogP contribution in [-0.2, 0) is 24.4 Å². The topological polar surface area (TPSA) is 132 Å². The van der Waals surface area contributed by atoms with E-state index in [2.05, 4.69) is 19.4 Å². The monoisotopic (exact) mass is 555 g/mol. The molecule has 2 aromatic heterocycles. The SMILES string of the molecule is N#Cc1ccc(COc2ccnc(C3CCN(Cc4nc5ccc(C(N)=O)cc5n4C[C@@H]4CCO4)CC3)n2)c(F)c1. The van der Waals surface area contributed by atoms with E-state index in [-0.39, 0.29) is 24.2 Å². The van der Waals surface area contributed by atoms with Gasteiger partial charge < -0.3 is 19.8 Å². The summed E-state index contributed by atoms with van der Waals surface area (Å²) in [5.41, 5.74) is 8.36. The van der Waals surface area contributed by atoms with Gasteiger partial charge in [-0.25, -0.2) is 14.4 Å². The van der Waals surface area contributed by atoms with Crippen LogP contribution in [-0.4, -0.2) is 56.1 Å². The quantitative estimate of drug-likeness (QED) is 0.331. The highest BCUT2D eigenvalue weighted by molar-refractivity contribution is 5.96. The minimum absolute atomic E-state index is 0.0142. The summed E-state index contributed by atoms with van der Waals surface area (Å²) in [5, 5.41) is 8.93. The van der Waals surface area contributed by atoms with Crippen LogP contribution in [0.3, 0.4) is 0 Å². The van der Waals surface area contributed by atoms with E-state index in [1.54, 1.807) is 30.5 Å². The second kappa shape index (κ2) is 11.6. The van der Waals surface area contributed by atoms with Gasteiger partial charge in [-0.1, -0.05) is 6.07 Å². The molecule has 2 aliphatic heterocycles. The lowest BCUT2D eigenvalue weighted by Gasteiger charge is -2.32. The zero-order valence-corrected chi connectivity index (χ0v) is 22.5.